The van der Waals surface area contributed by atoms with Gasteiger partial charge < -0.3 is 10.1 Å². The third-order valence-electron chi connectivity index (χ3n) is 4.38. The lowest BCUT2D eigenvalue weighted by atomic mass is 9.94. The summed E-state index contributed by atoms with van der Waals surface area (Å²) in [6.45, 7) is 10.3. The van der Waals surface area contributed by atoms with E-state index in [9.17, 15) is 0 Å². The van der Waals surface area contributed by atoms with Crippen molar-refractivity contribution in [3.8, 4) is 0 Å². The SMILES string of the molecule is Cc1nc2scc(C)n2c1CNC1(C)CCOC1C. The predicted octanol–water partition coefficient (Wildman–Crippen LogP) is 2.67. The molecule has 4 nitrogen and oxygen atoms in total. The number of fused-ring (bicyclic) bond motifs is 1. The lowest BCUT2D eigenvalue weighted by Gasteiger charge is -2.29. The van der Waals surface area contributed by atoms with Gasteiger partial charge in [-0.15, -0.1) is 11.3 Å². The molecule has 2 aromatic heterocycles. The molecule has 19 heavy (non-hydrogen) atoms. The van der Waals surface area contributed by atoms with Gasteiger partial charge in [0.2, 0.25) is 0 Å². The Balaban J connectivity index is 1.85. The summed E-state index contributed by atoms with van der Waals surface area (Å²) in [5.41, 5.74) is 3.73. The summed E-state index contributed by atoms with van der Waals surface area (Å²) in [6.07, 6.45) is 1.33. The summed E-state index contributed by atoms with van der Waals surface area (Å²) >= 11 is 1.71. The van der Waals surface area contributed by atoms with E-state index in [-0.39, 0.29) is 11.6 Å². The fraction of sp³-hybridized carbons (Fsp3) is 0.643. The second kappa shape index (κ2) is 4.58. The van der Waals surface area contributed by atoms with Crippen LogP contribution >= 0.6 is 11.3 Å². The average molecular weight is 279 g/mol. The van der Waals surface area contributed by atoms with Crippen LogP contribution in [0.5, 0.6) is 0 Å². The zero-order chi connectivity index (χ0) is 13.6. The number of thiazole rings is 1. The van der Waals surface area contributed by atoms with Crippen molar-refractivity contribution in [3.05, 3.63) is 22.5 Å². The van der Waals surface area contributed by atoms with Gasteiger partial charge in [-0.25, -0.2) is 4.98 Å². The maximum atomic E-state index is 5.68. The molecule has 1 aliphatic heterocycles. The molecule has 2 aromatic rings. The quantitative estimate of drug-likeness (QED) is 0.939. The Hall–Kier alpha value is -0.910. The van der Waals surface area contributed by atoms with Gasteiger partial charge in [0.15, 0.2) is 4.96 Å². The minimum atomic E-state index is 0.0700. The van der Waals surface area contributed by atoms with E-state index in [2.05, 4.69) is 47.8 Å². The highest BCUT2D eigenvalue weighted by Gasteiger charge is 2.36. The van der Waals surface area contributed by atoms with Crippen LogP contribution in [0.15, 0.2) is 5.38 Å². The van der Waals surface area contributed by atoms with Crippen LogP contribution in [0.25, 0.3) is 4.96 Å². The number of imidazole rings is 1. The van der Waals surface area contributed by atoms with Gasteiger partial charge in [-0.2, -0.15) is 0 Å². The van der Waals surface area contributed by atoms with E-state index >= 15 is 0 Å². The standard InChI is InChI=1S/C14H21N3OS/c1-9-8-19-13-16-10(2)12(17(9)13)7-15-14(4)5-6-18-11(14)3/h8,11,15H,5-7H2,1-4H3. The Bertz CT molecular complexity index is 603. The Morgan fingerprint density at radius 3 is 3.05 bits per heavy atom. The highest BCUT2D eigenvalue weighted by Crippen LogP contribution is 2.26. The molecule has 1 aliphatic rings. The molecule has 1 N–H and O–H groups in total. The summed E-state index contributed by atoms with van der Waals surface area (Å²) in [5.74, 6) is 0. The van der Waals surface area contributed by atoms with Gasteiger partial charge in [0.25, 0.3) is 0 Å². The topological polar surface area (TPSA) is 38.6 Å². The van der Waals surface area contributed by atoms with Crippen molar-refractivity contribution >= 4 is 16.3 Å². The van der Waals surface area contributed by atoms with Crippen molar-refractivity contribution in [3.63, 3.8) is 0 Å². The second-order valence-electron chi connectivity index (χ2n) is 5.67. The molecular weight excluding hydrogens is 258 g/mol. The van der Waals surface area contributed by atoms with Crippen LogP contribution in [0.4, 0.5) is 0 Å². The first kappa shape index (κ1) is 13.1. The number of hydrogen-bond donors (Lipinski definition) is 1. The molecule has 3 rings (SSSR count). The molecule has 1 saturated heterocycles. The van der Waals surface area contributed by atoms with Crippen molar-refractivity contribution in [1.29, 1.82) is 0 Å². The van der Waals surface area contributed by atoms with Crippen molar-refractivity contribution in [2.24, 2.45) is 0 Å². The van der Waals surface area contributed by atoms with Crippen LogP contribution in [-0.4, -0.2) is 27.6 Å². The summed E-state index contributed by atoms with van der Waals surface area (Å²) in [7, 11) is 0. The minimum Gasteiger partial charge on any atom is -0.377 e. The lowest BCUT2D eigenvalue weighted by Crippen LogP contribution is -2.47. The van der Waals surface area contributed by atoms with Crippen molar-refractivity contribution in [1.82, 2.24) is 14.7 Å². The molecule has 0 saturated carbocycles. The predicted molar refractivity (Wildman–Crippen MR) is 77.8 cm³/mol. The molecule has 5 heteroatoms. The number of ether oxygens (including phenoxy) is 1. The third-order valence-corrected chi connectivity index (χ3v) is 5.32. The van der Waals surface area contributed by atoms with Crippen LogP contribution in [0.1, 0.15) is 37.4 Å². The monoisotopic (exact) mass is 279 g/mol. The number of nitrogens with zero attached hydrogens (tertiary/aromatic N) is 2. The number of hydrogen-bond acceptors (Lipinski definition) is 4. The summed E-state index contributed by atoms with van der Waals surface area (Å²) < 4.78 is 7.94. The maximum absolute atomic E-state index is 5.68. The molecule has 0 bridgehead atoms. The normalized spacial score (nSPS) is 27.5. The van der Waals surface area contributed by atoms with Gasteiger partial charge in [0.05, 0.1) is 17.5 Å². The van der Waals surface area contributed by atoms with E-state index in [0.717, 1.165) is 30.2 Å². The Morgan fingerprint density at radius 1 is 1.58 bits per heavy atom. The van der Waals surface area contributed by atoms with Crippen molar-refractivity contribution in [2.45, 2.75) is 52.3 Å². The van der Waals surface area contributed by atoms with E-state index in [0.29, 0.717) is 0 Å². The van der Waals surface area contributed by atoms with E-state index in [1.807, 2.05) is 0 Å². The highest BCUT2D eigenvalue weighted by molar-refractivity contribution is 7.15. The van der Waals surface area contributed by atoms with Gasteiger partial charge in [-0.1, -0.05) is 0 Å². The number of nitrogens with one attached hydrogen (secondary N) is 1. The fourth-order valence-electron chi connectivity index (χ4n) is 2.73. The van der Waals surface area contributed by atoms with Gasteiger partial charge in [0.1, 0.15) is 0 Å². The molecule has 0 amide bonds. The maximum Gasteiger partial charge on any atom is 0.194 e. The van der Waals surface area contributed by atoms with Crippen LogP contribution in [-0.2, 0) is 11.3 Å². The van der Waals surface area contributed by atoms with E-state index in [1.54, 1.807) is 11.3 Å². The number of rotatable bonds is 3. The molecule has 0 aromatic carbocycles. The zero-order valence-corrected chi connectivity index (χ0v) is 12.8. The minimum absolute atomic E-state index is 0.0700. The average Bonchev–Trinajstić information content (AvgIpc) is 2.97. The fourth-order valence-corrected chi connectivity index (χ4v) is 3.66. The molecule has 104 valence electrons. The first-order valence-corrected chi connectivity index (χ1v) is 7.68. The Labute approximate surface area is 117 Å². The molecule has 2 atom stereocenters. The first-order chi connectivity index (χ1) is 9.01. The lowest BCUT2D eigenvalue weighted by molar-refractivity contribution is 0.0880. The third kappa shape index (κ3) is 2.10. The van der Waals surface area contributed by atoms with Gasteiger partial charge in [-0.3, -0.25) is 4.40 Å². The van der Waals surface area contributed by atoms with Crippen LogP contribution in [0, 0.1) is 13.8 Å². The van der Waals surface area contributed by atoms with E-state index in [4.69, 9.17) is 4.74 Å². The molecule has 3 heterocycles. The Kier molecular flexibility index (Phi) is 3.15. The largest absolute Gasteiger partial charge is 0.377 e. The van der Waals surface area contributed by atoms with Crippen LogP contribution < -0.4 is 5.32 Å². The van der Waals surface area contributed by atoms with Gasteiger partial charge in [0, 0.05) is 29.8 Å². The van der Waals surface area contributed by atoms with Gasteiger partial charge in [-0.05, 0) is 34.1 Å². The number of aryl methyl sites for hydroxylation is 2. The smallest absolute Gasteiger partial charge is 0.194 e. The van der Waals surface area contributed by atoms with Crippen LogP contribution in [0.2, 0.25) is 0 Å². The second-order valence-corrected chi connectivity index (χ2v) is 6.51. The first-order valence-electron chi connectivity index (χ1n) is 6.80. The molecule has 1 fully saturated rings. The zero-order valence-electron chi connectivity index (χ0n) is 12.0. The Morgan fingerprint density at radius 2 is 2.37 bits per heavy atom. The molecular formula is C14H21N3OS. The van der Waals surface area contributed by atoms with Crippen molar-refractivity contribution in [2.75, 3.05) is 6.61 Å². The highest BCUT2D eigenvalue weighted by atomic mass is 32.1. The molecule has 0 spiro atoms. The van der Waals surface area contributed by atoms with E-state index in [1.165, 1.54) is 11.4 Å². The van der Waals surface area contributed by atoms with Gasteiger partial charge >= 0.3 is 0 Å². The van der Waals surface area contributed by atoms with E-state index < -0.39 is 0 Å². The summed E-state index contributed by atoms with van der Waals surface area (Å²) in [6, 6.07) is 0. The van der Waals surface area contributed by atoms with Crippen LogP contribution in [0.3, 0.4) is 0 Å². The molecule has 0 aliphatic carbocycles. The molecule has 0 radical (unpaired) electrons. The number of aromatic nitrogens is 2. The summed E-state index contributed by atoms with van der Waals surface area (Å²) in [4.78, 5) is 5.72. The molecule has 2 unspecified atom stereocenters. The van der Waals surface area contributed by atoms with Crippen molar-refractivity contribution < 1.29 is 4.74 Å². The summed E-state index contributed by atoms with van der Waals surface area (Å²) in [5, 5.41) is 5.84.